The minimum Gasteiger partial charge on any atom is -0.298 e. The van der Waals surface area contributed by atoms with Gasteiger partial charge in [-0.3, -0.25) is 4.90 Å². The van der Waals surface area contributed by atoms with E-state index in [1.165, 1.54) is 11.1 Å². The zero-order valence-electron chi connectivity index (χ0n) is 15.9. The fourth-order valence-electron chi connectivity index (χ4n) is 3.88. The fraction of sp³-hybridized carbons (Fsp3) is 0.684. The average Bonchev–Trinajstić information content (AvgIpc) is 2.83. The van der Waals surface area contributed by atoms with Crippen LogP contribution in [0, 0.1) is 12.8 Å². The molecule has 0 aliphatic carbocycles. The predicted octanol–water partition coefficient (Wildman–Crippen LogP) is 2.90. The Hall–Kier alpha value is -0.660. The van der Waals surface area contributed by atoms with Gasteiger partial charge in [-0.15, -0.1) is 12.4 Å². The molecule has 2 fully saturated rings. The average molecular weight is 402 g/mol. The molecule has 0 bridgehead atoms. The molecule has 7 heteroatoms. The summed E-state index contributed by atoms with van der Waals surface area (Å²) in [6.45, 7) is 9.53. The molecular formula is C19H32ClN3O2S. The molecule has 1 unspecified atom stereocenters. The van der Waals surface area contributed by atoms with E-state index in [-0.39, 0.29) is 12.4 Å². The first kappa shape index (κ1) is 21.6. The van der Waals surface area contributed by atoms with Crippen LogP contribution in [0.5, 0.6) is 0 Å². The molecule has 0 saturated carbocycles. The monoisotopic (exact) mass is 401 g/mol. The van der Waals surface area contributed by atoms with Gasteiger partial charge in [0, 0.05) is 39.3 Å². The van der Waals surface area contributed by atoms with E-state index in [1.807, 2.05) is 0 Å². The molecule has 1 atom stereocenters. The van der Waals surface area contributed by atoms with Gasteiger partial charge in [0.25, 0.3) is 10.2 Å². The number of halogens is 1. The number of nitrogens with zero attached hydrogens (tertiary/aromatic N) is 3. The van der Waals surface area contributed by atoms with E-state index in [0.717, 1.165) is 38.9 Å². The number of hydrogen-bond acceptors (Lipinski definition) is 3. The van der Waals surface area contributed by atoms with Gasteiger partial charge in [-0.05, 0) is 49.8 Å². The van der Waals surface area contributed by atoms with Crippen LogP contribution in [0.3, 0.4) is 0 Å². The van der Waals surface area contributed by atoms with Crippen molar-refractivity contribution < 1.29 is 8.42 Å². The lowest BCUT2D eigenvalue weighted by Crippen LogP contribution is -2.48. The van der Waals surface area contributed by atoms with Gasteiger partial charge in [0.15, 0.2) is 0 Å². The summed E-state index contributed by atoms with van der Waals surface area (Å²) < 4.78 is 29.4. The maximum atomic E-state index is 13.0. The Morgan fingerprint density at radius 1 is 1.00 bits per heavy atom. The Morgan fingerprint density at radius 2 is 1.73 bits per heavy atom. The Kier molecular flexibility index (Phi) is 7.91. The fourth-order valence-corrected chi connectivity index (χ4v) is 5.69. The van der Waals surface area contributed by atoms with Crippen LogP contribution in [-0.2, 0) is 16.8 Å². The van der Waals surface area contributed by atoms with E-state index in [4.69, 9.17) is 0 Å². The summed E-state index contributed by atoms with van der Waals surface area (Å²) in [5, 5.41) is 0. The van der Waals surface area contributed by atoms with Crippen molar-refractivity contribution in [1.82, 2.24) is 13.5 Å². The second-order valence-corrected chi connectivity index (χ2v) is 9.50. The molecule has 2 heterocycles. The van der Waals surface area contributed by atoms with Crippen LogP contribution in [0.15, 0.2) is 24.3 Å². The van der Waals surface area contributed by atoms with Crippen LogP contribution in [-0.4, -0.2) is 61.2 Å². The third kappa shape index (κ3) is 5.20. The number of benzene rings is 1. The minimum absolute atomic E-state index is 0. The van der Waals surface area contributed by atoms with E-state index in [9.17, 15) is 8.42 Å². The summed E-state index contributed by atoms with van der Waals surface area (Å²) in [6.07, 6.45) is 3.01. The quantitative estimate of drug-likeness (QED) is 0.779. The zero-order valence-corrected chi connectivity index (χ0v) is 17.6. The first-order chi connectivity index (χ1) is 12.0. The predicted molar refractivity (Wildman–Crippen MR) is 109 cm³/mol. The summed E-state index contributed by atoms with van der Waals surface area (Å²) in [6, 6.07) is 8.45. The summed E-state index contributed by atoms with van der Waals surface area (Å²) in [5.41, 5.74) is 2.64. The normalized spacial score (nSPS) is 24.0. The lowest BCUT2D eigenvalue weighted by atomic mass is 10.0. The number of piperidine rings is 1. The van der Waals surface area contributed by atoms with Crippen LogP contribution in [0.1, 0.15) is 37.3 Å². The molecule has 0 aromatic heterocycles. The summed E-state index contributed by atoms with van der Waals surface area (Å²) in [7, 11) is -3.31. The van der Waals surface area contributed by atoms with Gasteiger partial charge in [-0.25, -0.2) is 0 Å². The SMILES string of the molecule is Cc1ccccc1CN1CCCN(S(=O)(=O)N2CCCC(C)C2)CC1.Cl. The van der Waals surface area contributed by atoms with Gasteiger partial charge in [0.05, 0.1) is 0 Å². The van der Waals surface area contributed by atoms with E-state index in [2.05, 4.69) is 43.0 Å². The van der Waals surface area contributed by atoms with Crippen molar-refractivity contribution in [2.45, 2.75) is 39.7 Å². The molecule has 1 aromatic carbocycles. The van der Waals surface area contributed by atoms with Gasteiger partial charge in [-0.2, -0.15) is 17.0 Å². The van der Waals surface area contributed by atoms with Gasteiger partial charge in [0.1, 0.15) is 0 Å². The van der Waals surface area contributed by atoms with Crippen molar-refractivity contribution in [1.29, 1.82) is 0 Å². The maximum absolute atomic E-state index is 13.0. The topological polar surface area (TPSA) is 43.9 Å². The number of aryl methyl sites for hydroxylation is 1. The van der Waals surface area contributed by atoms with E-state index < -0.39 is 10.2 Å². The Morgan fingerprint density at radius 3 is 2.46 bits per heavy atom. The van der Waals surface area contributed by atoms with Crippen molar-refractivity contribution in [3.63, 3.8) is 0 Å². The molecule has 2 aliphatic heterocycles. The highest BCUT2D eigenvalue weighted by atomic mass is 35.5. The molecule has 148 valence electrons. The van der Waals surface area contributed by atoms with Gasteiger partial charge in [-0.1, -0.05) is 31.2 Å². The molecule has 1 aromatic rings. The summed E-state index contributed by atoms with van der Waals surface area (Å²) in [4.78, 5) is 2.39. The molecule has 26 heavy (non-hydrogen) atoms. The first-order valence-electron chi connectivity index (χ1n) is 9.49. The molecule has 5 nitrogen and oxygen atoms in total. The Bertz CT molecular complexity index is 683. The maximum Gasteiger partial charge on any atom is 0.282 e. The number of hydrogen-bond donors (Lipinski definition) is 0. The molecule has 0 amide bonds. The third-order valence-corrected chi connectivity index (χ3v) is 7.48. The van der Waals surface area contributed by atoms with Crippen LogP contribution >= 0.6 is 12.4 Å². The number of rotatable bonds is 4. The van der Waals surface area contributed by atoms with E-state index in [1.54, 1.807) is 8.61 Å². The van der Waals surface area contributed by atoms with E-state index in [0.29, 0.717) is 32.1 Å². The van der Waals surface area contributed by atoms with Crippen LogP contribution in [0.4, 0.5) is 0 Å². The highest BCUT2D eigenvalue weighted by Crippen LogP contribution is 2.22. The van der Waals surface area contributed by atoms with Gasteiger partial charge in [0.2, 0.25) is 0 Å². The van der Waals surface area contributed by atoms with Crippen molar-refractivity contribution in [2.24, 2.45) is 5.92 Å². The molecule has 2 aliphatic rings. The highest BCUT2D eigenvalue weighted by molar-refractivity contribution is 7.86. The van der Waals surface area contributed by atoms with Crippen LogP contribution < -0.4 is 0 Å². The third-order valence-electron chi connectivity index (χ3n) is 5.48. The molecule has 2 saturated heterocycles. The van der Waals surface area contributed by atoms with Gasteiger partial charge < -0.3 is 0 Å². The zero-order chi connectivity index (χ0) is 17.9. The van der Waals surface area contributed by atoms with Crippen molar-refractivity contribution in [3.05, 3.63) is 35.4 Å². The molecular weight excluding hydrogens is 370 g/mol. The summed E-state index contributed by atoms with van der Waals surface area (Å²) in [5.74, 6) is 0.466. The van der Waals surface area contributed by atoms with Crippen LogP contribution in [0.25, 0.3) is 0 Å². The van der Waals surface area contributed by atoms with Crippen molar-refractivity contribution >= 4 is 22.6 Å². The summed E-state index contributed by atoms with van der Waals surface area (Å²) >= 11 is 0. The largest absolute Gasteiger partial charge is 0.298 e. The highest BCUT2D eigenvalue weighted by Gasteiger charge is 2.33. The lowest BCUT2D eigenvalue weighted by Gasteiger charge is -2.34. The first-order valence-corrected chi connectivity index (χ1v) is 10.9. The van der Waals surface area contributed by atoms with E-state index >= 15 is 0 Å². The lowest BCUT2D eigenvalue weighted by molar-refractivity contribution is 0.253. The van der Waals surface area contributed by atoms with Crippen molar-refractivity contribution in [3.8, 4) is 0 Å². The second-order valence-electron chi connectivity index (χ2n) is 7.57. The second kappa shape index (κ2) is 9.51. The Balaban J connectivity index is 0.00000243. The Labute approximate surface area is 164 Å². The smallest absolute Gasteiger partial charge is 0.282 e. The van der Waals surface area contributed by atoms with Crippen LogP contribution in [0.2, 0.25) is 0 Å². The molecule has 0 spiro atoms. The molecule has 0 radical (unpaired) electrons. The molecule has 0 N–H and O–H groups in total. The molecule has 3 rings (SSSR count). The van der Waals surface area contributed by atoms with Gasteiger partial charge >= 0.3 is 0 Å². The van der Waals surface area contributed by atoms with Crippen molar-refractivity contribution in [2.75, 3.05) is 39.3 Å². The minimum atomic E-state index is -3.31. The standard InChI is InChI=1S/C19H31N3O2S.ClH/c1-17-7-5-11-22(15-17)25(23,24)21-12-6-10-20(13-14-21)16-19-9-4-3-8-18(19)2;/h3-4,8-9,17H,5-7,10-16H2,1-2H3;1H.